The monoisotopic (exact) mass is 183 g/mol. The van der Waals surface area contributed by atoms with Crippen molar-refractivity contribution in [2.75, 3.05) is 6.26 Å². The fourth-order valence-electron chi connectivity index (χ4n) is 0.764. The number of nitrogens with zero attached hydrogens (tertiary/aromatic N) is 1. The number of hydrogen-bond acceptors (Lipinski definition) is 2. The normalized spacial score (nSPS) is 20.0. The molecule has 0 aliphatic heterocycles. The minimum atomic E-state index is -3.97. The van der Waals surface area contributed by atoms with Gasteiger partial charge < -0.3 is 9.79 Å². The van der Waals surface area contributed by atoms with Gasteiger partial charge in [0.15, 0.2) is 0 Å². The lowest BCUT2D eigenvalue weighted by atomic mass is 10.8. The van der Waals surface area contributed by atoms with Crippen LogP contribution in [0.4, 0.5) is 0 Å². The van der Waals surface area contributed by atoms with Gasteiger partial charge in [-0.25, -0.2) is 4.57 Å². The van der Waals surface area contributed by atoms with Crippen molar-refractivity contribution in [2.24, 2.45) is 0 Å². The Morgan fingerprint density at radius 1 is 1.60 bits per heavy atom. The summed E-state index contributed by atoms with van der Waals surface area (Å²) in [5, 5.41) is 0. The van der Waals surface area contributed by atoms with Crippen molar-refractivity contribution in [3.8, 4) is 0 Å². The quantitative estimate of drug-likeness (QED) is 0.501. The van der Waals surface area contributed by atoms with Gasteiger partial charge in [-0.15, -0.1) is 0 Å². The second-order valence-corrected chi connectivity index (χ2v) is 4.72. The van der Waals surface area contributed by atoms with Crippen molar-refractivity contribution in [2.45, 2.75) is 18.9 Å². The van der Waals surface area contributed by atoms with E-state index in [4.69, 9.17) is 9.79 Å². The average Bonchev–Trinajstić information content (AvgIpc) is 2.46. The predicted octanol–water partition coefficient (Wildman–Crippen LogP) is 0.821. The van der Waals surface area contributed by atoms with Crippen molar-refractivity contribution in [3.63, 3.8) is 0 Å². The summed E-state index contributed by atoms with van der Waals surface area (Å²) in [5.41, 5.74) is 0. The highest BCUT2D eigenvalue weighted by molar-refractivity contribution is 8.00. The van der Waals surface area contributed by atoms with E-state index < -0.39 is 7.75 Å². The first-order chi connectivity index (χ1) is 4.55. The molecule has 60 valence electrons. The van der Waals surface area contributed by atoms with Crippen LogP contribution < -0.4 is 0 Å². The molecule has 2 N–H and O–H groups in total. The molecular weight excluding hydrogens is 173 g/mol. The zero-order valence-electron chi connectivity index (χ0n) is 5.60. The van der Waals surface area contributed by atoms with Crippen LogP contribution in [0, 0.1) is 0 Å². The van der Waals surface area contributed by atoms with Gasteiger partial charge >= 0.3 is 7.75 Å². The third-order valence-corrected chi connectivity index (χ3v) is 3.94. The maximum absolute atomic E-state index is 10.6. The van der Waals surface area contributed by atoms with E-state index in [0.29, 0.717) is 0 Å². The number of rotatable bonds is 3. The van der Waals surface area contributed by atoms with Gasteiger partial charge in [0.05, 0.1) is 0 Å². The van der Waals surface area contributed by atoms with Gasteiger partial charge in [0.2, 0.25) is 0 Å². The summed E-state index contributed by atoms with van der Waals surface area (Å²) in [6, 6.07) is 0.107. The fraction of sp³-hybridized carbons (Fsp3) is 1.00. The van der Waals surface area contributed by atoms with Crippen LogP contribution in [0.3, 0.4) is 0 Å². The first-order valence-electron chi connectivity index (χ1n) is 2.95. The topological polar surface area (TPSA) is 60.8 Å². The number of hydrogen-bond donors (Lipinski definition) is 2. The molecule has 0 aromatic rings. The van der Waals surface area contributed by atoms with Gasteiger partial charge in [0.1, 0.15) is 0 Å². The lowest BCUT2D eigenvalue weighted by Crippen LogP contribution is -2.13. The summed E-state index contributed by atoms with van der Waals surface area (Å²) in [5.74, 6) is 0. The molecule has 1 aliphatic carbocycles. The second kappa shape index (κ2) is 2.83. The standard InChI is InChI=1S/C4H10NO3PS/c1-10-5(4-2-3-4)9(6,7)8/h4H,2-3H2,1H3,(H2,6,7,8). The van der Waals surface area contributed by atoms with Gasteiger partial charge in [-0.1, -0.05) is 11.9 Å². The Morgan fingerprint density at radius 2 is 2.10 bits per heavy atom. The van der Waals surface area contributed by atoms with Crippen LogP contribution >= 0.6 is 19.7 Å². The molecule has 1 aliphatic rings. The average molecular weight is 183 g/mol. The zero-order valence-corrected chi connectivity index (χ0v) is 7.31. The minimum Gasteiger partial charge on any atom is -0.312 e. The van der Waals surface area contributed by atoms with Crippen LogP contribution in [0.5, 0.6) is 0 Å². The smallest absolute Gasteiger partial charge is 0.312 e. The Morgan fingerprint density at radius 3 is 2.20 bits per heavy atom. The molecule has 0 bridgehead atoms. The molecular formula is C4H10NO3PS. The molecule has 0 spiro atoms. The van der Waals surface area contributed by atoms with Gasteiger partial charge in [-0.05, 0) is 19.1 Å². The molecule has 0 aromatic heterocycles. The van der Waals surface area contributed by atoms with E-state index in [1.54, 1.807) is 6.26 Å². The van der Waals surface area contributed by atoms with E-state index in [1.165, 1.54) is 4.08 Å². The minimum absolute atomic E-state index is 0.107. The highest BCUT2D eigenvalue weighted by Gasteiger charge is 2.38. The molecule has 10 heavy (non-hydrogen) atoms. The first kappa shape index (κ1) is 8.56. The molecule has 0 unspecified atom stereocenters. The predicted molar refractivity (Wildman–Crippen MR) is 40.4 cm³/mol. The van der Waals surface area contributed by atoms with Crippen molar-refractivity contribution < 1.29 is 14.4 Å². The highest BCUT2D eigenvalue weighted by Crippen LogP contribution is 2.51. The van der Waals surface area contributed by atoms with E-state index in [1.807, 2.05) is 0 Å². The van der Waals surface area contributed by atoms with Gasteiger partial charge in [-0.2, -0.15) is 4.08 Å². The molecule has 0 aromatic carbocycles. The van der Waals surface area contributed by atoms with Crippen molar-refractivity contribution in [1.82, 2.24) is 4.08 Å². The summed E-state index contributed by atoms with van der Waals surface area (Å²) in [7, 11) is -3.97. The molecule has 1 fully saturated rings. The molecule has 0 atom stereocenters. The lowest BCUT2D eigenvalue weighted by Gasteiger charge is -2.18. The van der Waals surface area contributed by atoms with E-state index in [9.17, 15) is 4.57 Å². The first-order valence-corrected chi connectivity index (χ1v) is 5.69. The van der Waals surface area contributed by atoms with Crippen LogP contribution in [-0.2, 0) is 4.57 Å². The van der Waals surface area contributed by atoms with Crippen LogP contribution in [-0.4, -0.2) is 26.2 Å². The SMILES string of the molecule is CSN(C1CC1)P(=O)(O)O. The van der Waals surface area contributed by atoms with E-state index >= 15 is 0 Å². The Hall–Kier alpha value is 0.460. The zero-order chi connectivity index (χ0) is 7.78. The Kier molecular flexibility index (Phi) is 2.42. The van der Waals surface area contributed by atoms with Crippen molar-refractivity contribution >= 4 is 19.7 Å². The molecule has 0 heterocycles. The molecule has 0 saturated heterocycles. The lowest BCUT2D eigenvalue weighted by molar-refractivity contribution is 0.325. The third kappa shape index (κ3) is 1.97. The summed E-state index contributed by atoms with van der Waals surface area (Å²) in [4.78, 5) is 17.4. The largest absolute Gasteiger partial charge is 0.412 e. The summed E-state index contributed by atoms with van der Waals surface area (Å²) in [6.07, 6.45) is 3.50. The third-order valence-electron chi connectivity index (χ3n) is 1.30. The van der Waals surface area contributed by atoms with Crippen LogP contribution in [0.15, 0.2) is 0 Å². The molecule has 1 saturated carbocycles. The van der Waals surface area contributed by atoms with E-state index in [-0.39, 0.29) is 6.04 Å². The van der Waals surface area contributed by atoms with E-state index in [2.05, 4.69) is 0 Å². The van der Waals surface area contributed by atoms with Crippen molar-refractivity contribution in [1.29, 1.82) is 0 Å². The van der Waals surface area contributed by atoms with Crippen LogP contribution in [0.2, 0.25) is 0 Å². The maximum atomic E-state index is 10.6. The van der Waals surface area contributed by atoms with Gasteiger partial charge in [0, 0.05) is 6.04 Å². The Balaban J connectivity index is 2.55. The highest BCUT2D eigenvalue weighted by atomic mass is 32.2. The van der Waals surface area contributed by atoms with Crippen molar-refractivity contribution in [3.05, 3.63) is 0 Å². The summed E-state index contributed by atoms with van der Waals surface area (Å²) >= 11 is 1.12. The van der Waals surface area contributed by atoms with Crippen LogP contribution in [0.25, 0.3) is 0 Å². The molecule has 4 nitrogen and oxygen atoms in total. The summed E-state index contributed by atoms with van der Waals surface area (Å²) < 4.78 is 11.8. The fourth-order valence-corrected chi connectivity index (χ4v) is 2.78. The second-order valence-electron chi connectivity index (χ2n) is 2.23. The molecule has 0 radical (unpaired) electrons. The van der Waals surface area contributed by atoms with Gasteiger partial charge in [0.25, 0.3) is 0 Å². The van der Waals surface area contributed by atoms with Crippen LogP contribution in [0.1, 0.15) is 12.8 Å². The molecule has 6 heteroatoms. The van der Waals surface area contributed by atoms with E-state index in [0.717, 1.165) is 24.8 Å². The Bertz CT molecular complexity index is 166. The molecule has 0 amide bonds. The molecule has 1 rings (SSSR count). The Labute approximate surface area is 64.0 Å². The maximum Gasteiger partial charge on any atom is 0.412 e. The summed E-state index contributed by atoms with van der Waals surface area (Å²) in [6.45, 7) is 0. The van der Waals surface area contributed by atoms with Gasteiger partial charge in [-0.3, -0.25) is 0 Å².